The van der Waals surface area contributed by atoms with E-state index in [0.29, 0.717) is 19.0 Å². The van der Waals surface area contributed by atoms with Gasteiger partial charge in [0, 0.05) is 25.1 Å². The lowest BCUT2D eigenvalue weighted by Gasteiger charge is -2.16. The highest BCUT2D eigenvalue weighted by atomic mass is 19.4. The fraction of sp³-hybridized carbons (Fsp3) is 0.348. The predicted molar refractivity (Wildman–Crippen MR) is 108 cm³/mol. The zero-order chi connectivity index (χ0) is 22.2. The predicted octanol–water partition coefficient (Wildman–Crippen LogP) is 5.39. The number of carbonyl (C=O) groups is 1. The lowest BCUT2D eigenvalue weighted by atomic mass is 10.0. The lowest BCUT2D eigenvalue weighted by Crippen LogP contribution is -2.24. The summed E-state index contributed by atoms with van der Waals surface area (Å²) in [5, 5.41) is 3.83. The van der Waals surface area contributed by atoms with E-state index in [0.717, 1.165) is 17.7 Å². The molecule has 1 atom stereocenters. The van der Waals surface area contributed by atoms with Crippen LogP contribution in [0.1, 0.15) is 54.7 Å². The van der Waals surface area contributed by atoms with Crippen LogP contribution < -0.4 is 0 Å². The number of alkyl halides is 3. The molecule has 1 unspecified atom stereocenters. The van der Waals surface area contributed by atoms with Crippen LogP contribution in [0.4, 0.5) is 13.2 Å². The van der Waals surface area contributed by atoms with Crippen LogP contribution in [0.2, 0.25) is 0 Å². The molecular formula is C23H22F3N3O2. The number of nitrogens with zero attached hydrogens (tertiary/aromatic N) is 3. The first-order valence-corrected chi connectivity index (χ1v) is 10.1. The number of halogens is 3. The normalized spacial score (nSPS) is 17.0. The van der Waals surface area contributed by atoms with Crippen LogP contribution in [-0.2, 0) is 17.5 Å². The van der Waals surface area contributed by atoms with E-state index in [9.17, 15) is 18.0 Å². The van der Waals surface area contributed by atoms with E-state index in [2.05, 4.69) is 36.1 Å². The van der Waals surface area contributed by atoms with Crippen LogP contribution >= 0.6 is 0 Å². The van der Waals surface area contributed by atoms with Crippen LogP contribution in [0.3, 0.4) is 0 Å². The van der Waals surface area contributed by atoms with Gasteiger partial charge in [0.25, 0.3) is 0 Å². The summed E-state index contributed by atoms with van der Waals surface area (Å²) in [6.45, 7) is 5.17. The average Bonchev–Trinajstić information content (AvgIpc) is 3.35. The Morgan fingerprint density at radius 1 is 1.16 bits per heavy atom. The van der Waals surface area contributed by atoms with Gasteiger partial charge in [0.05, 0.1) is 11.5 Å². The fourth-order valence-electron chi connectivity index (χ4n) is 3.67. The summed E-state index contributed by atoms with van der Waals surface area (Å²) in [4.78, 5) is 18.5. The Balaban J connectivity index is 1.46. The molecule has 2 aromatic carbocycles. The first kappa shape index (κ1) is 21.1. The van der Waals surface area contributed by atoms with Gasteiger partial charge >= 0.3 is 6.18 Å². The van der Waals surface area contributed by atoms with Gasteiger partial charge in [0.1, 0.15) is 0 Å². The third-order valence-electron chi connectivity index (χ3n) is 5.47. The SMILES string of the molecule is CC(C)c1ccc(CN2CC(c3nc(-c4cccc(C(F)(F)F)c4)no3)CC2=O)cc1. The first-order chi connectivity index (χ1) is 14.7. The minimum atomic E-state index is -4.45. The molecule has 1 saturated heterocycles. The maximum Gasteiger partial charge on any atom is 0.416 e. The summed E-state index contributed by atoms with van der Waals surface area (Å²) in [5.41, 5.74) is 1.72. The Morgan fingerprint density at radius 2 is 1.90 bits per heavy atom. The second-order valence-electron chi connectivity index (χ2n) is 8.11. The average molecular weight is 429 g/mol. The van der Waals surface area contributed by atoms with Crippen molar-refractivity contribution < 1.29 is 22.5 Å². The van der Waals surface area contributed by atoms with Crippen molar-refractivity contribution >= 4 is 5.91 Å². The topological polar surface area (TPSA) is 59.2 Å². The molecule has 2 heterocycles. The maximum absolute atomic E-state index is 13.0. The van der Waals surface area contributed by atoms with Crippen molar-refractivity contribution in [1.29, 1.82) is 0 Å². The molecule has 1 aromatic heterocycles. The molecular weight excluding hydrogens is 407 g/mol. The molecule has 0 saturated carbocycles. The molecule has 0 bridgehead atoms. The van der Waals surface area contributed by atoms with Gasteiger partial charge in [-0.25, -0.2) is 0 Å². The third kappa shape index (κ3) is 4.62. The third-order valence-corrected chi connectivity index (χ3v) is 5.47. The molecule has 162 valence electrons. The summed E-state index contributed by atoms with van der Waals surface area (Å²) in [6, 6.07) is 13.0. The Bertz CT molecular complexity index is 1070. The molecule has 8 heteroatoms. The molecule has 0 N–H and O–H groups in total. The number of hydrogen-bond acceptors (Lipinski definition) is 4. The summed E-state index contributed by atoms with van der Waals surface area (Å²) >= 11 is 0. The van der Waals surface area contributed by atoms with E-state index < -0.39 is 11.7 Å². The van der Waals surface area contributed by atoms with Crippen LogP contribution in [0.15, 0.2) is 53.1 Å². The highest BCUT2D eigenvalue weighted by molar-refractivity contribution is 5.79. The first-order valence-electron chi connectivity index (χ1n) is 10.1. The van der Waals surface area contributed by atoms with E-state index in [-0.39, 0.29) is 35.5 Å². The monoisotopic (exact) mass is 429 g/mol. The summed E-state index contributed by atoms with van der Waals surface area (Å²) in [6.07, 6.45) is -4.22. The van der Waals surface area contributed by atoms with Gasteiger partial charge < -0.3 is 9.42 Å². The minimum Gasteiger partial charge on any atom is -0.339 e. The van der Waals surface area contributed by atoms with Gasteiger partial charge in [-0.3, -0.25) is 4.79 Å². The van der Waals surface area contributed by atoms with E-state index in [4.69, 9.17) is 4.52 Å². The Kier molecular flexibility index (Phi) is 5.56. The van der Waals surface area contributed by atoms with Crippen LogP contribution in [0.25, 0.3) is 11.4 Å². The number of aromatic nitrogens is 2. The molecule has 4 rings (SSSR count). The number of carbonyl (C=O) groups excluding carboxylic acids is 1. The Hall–Kier alpha value is -3.16. The number of hydrogen-bond donors (Lipinski definition) is 0. The molecule has 3 aromatic rings. The molecule has 31 heavy (non-hydrogen) atoms. The van der Waals surface area contributed by atoms with E-state index in [1.807, 2.05) is 12.1 Å². The van der Waals surface area contributed by atoms with Crippen LogP contribution in [0, 0.1) is 0 Å². The molecule has 1 fully saturated rings. The van der Waals surface area contributed by atoms with Crippen molar-refractivity contribution in [3.8, 4) is 11.4 Å². The van der Waals surface area contributed by atoms with Crippen molar-refractivity contribution in [2.45, 2.75) is 44.8 Å². The largest absolute Gasteiger partial charge is 0.416 e. The number of likely N-dealkylation sites (tertiary alicyclic amines) is 1. The maximum atomic E-state index is 13.0. The van der Waals surface area contributed by atoms with Crippen LogP contribution in [-0.4, -0.2) is 27.5 Å². The number of benzene rings is 2. The Morgan fingerprint density at radius 3 is 2.58 bits per heavy atom. The van der Waals surface area contributed by atoms with E-state index >= 15 is 0 Å². The zero-order valence-electron chi connectivity index (χ0n) is 17.2. The molecule has 0 spiro atoms. The van der Waals surface area contributed by atoms with Gasteiger partial charge in [-0.15, -0.1) is 0 Å². The number of rotatable bonds is 5. The molecule has 0 radical (unpaired) electrons. The van der Waals surface area contributed by atoms with Crippen molar-refractivity contribution in [2.75, 3.05) is 6.54 Å². The summed E-state index contributed by atoms with van der Waals surface area (Å²) < 4.78 is 44.2. The smallest absolute Gasteiger partial charge is 0.339 e. The van der Waals surface area contributed by atoms with Gasteiger partial charge in [-0.05, 0) is 29.2 Å². The summed E-state index contributed by atoms with van der Waals surface area (Å²) in [7, 11) is 0. The van der Waals surface area contributed by atoms with Crippen molar-refractivity contribution in [3.63, 3.8) is 0 Å². The highest BCUT2D eigenvalue weighted by Gasteiger charge is 2.35. The molecule has 1 amide bonds. The second-order valence-corrected chi connectivity index (χ2v) is 8.11. The van der Waals surface area contributed by atoms with Gasteiger partial charge in [0.2, 0.25) is 17.6 Å². The van der Waals surface area contributed by atoms with Crippen molar-refractivity contribution in [3.05, 3.63) is 71.1 Å². The highest BCUT2D eigenvalue weighted by Crippen LogP contribution is 2.33. The van der Waals surface area contributed by atoms with Crippen molar-refractivity contribution in [1.82, 2.24) is 15.0 Å². The van der Waals surface area contributed by atoms with E-state index in [1.54, 1.807) is 4.90 Å². The molecule has 0 aliphatic carbocycles. The van der Waals surface area contributed by atoms with Gasteiger partial charge in [-0.1, -0.05) is 55.4 Å². The molecule has 1 aliphatic heterocycles. The lowest BCUT2D eigenvalue weighted by molar-refractivity contribution is -0.137. The fourth-order valence-corrected chi connectivity index (χ4v) is 3.67. The van der Waals surface area contributed by atoms with E-state index in [1.165, 1.54) is 17.7 Å². The molecule has 5 nitrogen and oxygen atoms in total. The standard InChI is InChI=1S/C23H22F3N3O2/c1-14(2)16-8-6-15(7-9-16)12-29-13-18(11-20(29)30)22-27-21(28-31-22)17-4-3-5-19(10-17)23(24,25)26/h3-10,14,18H,11-13H2,1-2H3. The quantitative estimate of drug-likeness (QED) is 0.545. The second kappa shape index (κ2) is 8.17. The molecule has 1 aliphatic rings. The van der Waals surface area contributed by atoms with Gasteiger partial charge in [0.15, 0.2) is 0 Å². The Labute approximate surface area is 177 Å². The minimum absolute atomic E-state index is 0.0169. The van der Waals surface area contributed by atoms with Crippen LogP contribution in [0.5, 0.6) is 0 Å². The van der Waals surface area contributed by atoms with Gasteiger partial charge in [-0.2, -0.15) is 18.2 Å². The number of amides is 1. The summed E-state index contributed by atoms with van der Waals surface area (Å²) in [5.74, 6) is 0.483. The van der Waals surface area contributed by atoms with Crippen molar-refractivity contribution in [2.24, 2.45) is 0 Å². The zero-order valence-corrected chi connectivity index (χ0v) is 17.2.